The topological polar surface area (TPSA) is 41.1 Å². The van der Waals surface area contributed by atoms with E-state index in [2.05, 4.69) is 10.6 Å². The predicted octanol–water partition coefficient (Wildman–Crippen LogP) is 0.456. The molecule has 0 atom stereocenters. The average molecular weight is 208 g/mol. The average Bonchev–Trinajstić information content (AvgIpc) is 2.16. The maximum atomic E-state index is 13.2. The lowest BCUT2D eigenvalue weighted by Crippen LogP contribution is -2.57. The van der Waals surface area contributed by atoms with Gasteiger partial charge in [-0.2, -0.15) is 0 Å². The number of benzene rings is 1. The van der Waals surface area contributed by atoms with Gasteiger partial charge in [0.1, 0.15) is 5.82 Å². The van der Waals surface area contributed by atoms with E-state index in [1.165, 1.54) is 6.07 Å². The molecule has 1 fully saturated rings. The van der Waals surface area contributed by atoms with Crippen molar-refractivity contribution in [3.8, 4) is 0 Å². The van der Waals surface area contributed by atoms with Crippen molar-refractivity contribution in [1.29, 1.82) is 0 Å². The van der Waals surface area contributed by atoms with Crippen molar-refractivity contribution in [3.05, 3.63) is 35.6 Å². The molecule has 0 aliphatic carbocycles. The van der Waals surface area contributed by atoms with Crippen LogP contribution in [0.3, 0.4) is 0 Å². The van der Waals surface area contributed by atoms with Crippen molar-refractivity contribution in [2.75, 3.05) is 13.1 Å². The largest absolute Gasteiger partial charge is 0.351 e. The standard InChI is InChI=1S/C11H13FN2O/c12-10-4-2-1-3-8(10)5-11(15)14-9-6-13-7-9/h1-4,9,13H,5-7H2,(H,14,15). The highest BCUT2D eigenvalue weighted by Crippen LogP contribution is 2.07. The molecule has 4 heteroatoms. The molecule has 2 N–H and O–H groups in total. The molecule has 0 unspecified atom stereocenters. The van der Waals surface area contributed by atoms with Gasteiger partial charge in [0, 0.05) is 13.1 Å². The third kappa shape index (κ3) is 2.53. The molecular formula is C11H13FN2O. The Kier molecular flexibility index (Phi) is 2.97. The lowest BCUT2D eigenvalue weighted by atomic mass is 10.1. The van der Waals surface area contributed by atoms with E-state index in [4.69, 9.17) is 0 Å². The molecule has 1 amide bonds. The van der Waals surface area contributed by atoms with Crippen molar-refractivity contribution < 1.29 is 9.18 Å². The Balaban J connectivity index is 1.90. The smallest absolute Gasteiger partial charge is 0.224 e. The molecule has 0 radical (unpaired) electrons. The fourth-order valence-corrected chi connectivity index (χ4v) is 1.48. The molecule has 1 saturated heterocycles. The van der Waals surface area contributed by atoms with Gasteiger partial charge in [0.15, 0.2) is 0 Å². The number of hydrogen-bond acceptors (Lipinski definition) is 2. The zero-order valence-corrected chi connectivity index (χ0v) is 8.29. The second kappa shape index (κ2) is 4.40. The van der Waals surface area contributed by atoms with E-state index >= 15 is 0 Å². The van der Waals surface area contributed by atoms with Crippen LogP contribution in [-0.4, -0.2) is 25.0 Å². The van der Waals surface area contributed by atoms with Gasteiger partial charge >= 0.3 is 0 Å². The monoisotopic (exact) mass is 208 g/mol. The summed E-state index contributed by atoms with van der Waals surface area (Å²) in [5.74, 6) is -0.439. The van der Waals surface area contributed by atoms with E-state index in [1.807, 2.05) is 0 Å². The highest BCUT2D eigenvalue weighted by atomic mass is 19.1. The van der Waals surface area contributed by atoms with Crippen LogP contribution in [-0.2, 0) is 11.2 Å². The van der Waals surface area contributed by atoms with E-state index in [1.54, 1.807) is 18.2 Å². The molecule has 0 spiro atoms. The minimum absolute atomic E-state index is 0.114. The normalized spacial score (nSPS) is 15.8. The maximum Gasteiger partial charge on any atom is 0.224 e. The van der Waals surface area contributed by atoms with Crippen LogP contribution in [0.15, 0.2) is 24.3 Å². The maximum absolute atomic E-state index is 13.2. The Morgan fingerprint density at radius 3 is 2.80 bits per heavy atom. The van der Waals surface area contributed by atoms with Crippen molar-refractivity contribution in [2.24, 2.45) is 0 Å². The summed E-state index contributed by atoms with van der Waals surface area (Å²) >= 11 is 0. The number of halogens is 1. The molecule has 1 aliphatic heterocycles. The number of hydrogen-bond donors (Lipinski definition) is 2. The molecule has 3 nitrogen and oxygen atoms in total. The van der Waals surface area contributed by atoms with Gasteiger partial charge in [-0.25, -0.2) is 4.39 Å². The Morgan fingerprint density at radius 1 is 1.47 bits per heavy atom. The van der Waals surface area contributed by atoms with E-state index < -0.39 is 0 Å². The van der Waals surface area contributed by atoms with Crippen LogP contribution in [0.2, 0.25) is 0 Å². The summed E-state index contributed by atoms with van der Waals surface area (Å²) in [6.45, 7) is 1.62. The van der Waals surface area contributed by atoms with Gasteiger partial charge in [-0.1, -0.05) is 18.2 Å². The third-order valence-electron chi connectivity index (χ3n) is 2.46. The minimum Gasteiger partial charge on any atom is -0.351 e. The first-order chi connectivity index (χ1) is 7.25. The second-order valence-corrected chi connectivity index (χ2v) is 3.69. The lowest BCUT2D eigenvalue weighted by molar-refractivity contribution is -0.121. The zero-order chi connectivity index (χ0) is 10.7. The predicted molar refractivity (Wildman–Crippen MR) is 54.9 cm³/mol. The van der Waals surface area contributed by atoms with Crippen molar-refractivity contribution >= 4 is 5.91 Å². The molecule has 1 aromatic carbocycles. The third-order valence-corrected chi connectivity index (χ3v) is 2.46. The summed E-state index contributed by atoms with van der Waals surface area (Å²) in [5.41, 5.74) is 0.447. The van der Waals surface area contributed by atoms with Crippen LogP contribution >= 0.6 is 0 Å². The molecule has 0 saturated carbocycles. The second-order valence-electron chi connectivity index (χ2n) is 3.69. The molecule has 0 aromatic heterocycles. The number of nitrogens with one attached hydrogen (secondary N) is 2. The quantitative estimate of drug-likeness (QED) is 0.757. The summed E-state index contributed by atoms with van der Waals surface area (Å²) in [5, 5.41) is 5.88. The van der Waals surface area contributed by atoms with Gasteiger partial charge in [-0.15, -0.1) is 0 Å². The highest BCUT2D eigenvalue weighted by Gasteiger charge is 2.19. The van der Waals surface area contributed by atoms with Gasteiger partial charge in [0.05, 0.1) is 12.5 Å². The number of carbonyl (C=O) groups excluding carboxylic acids is 1. The number of rotatable bonds is 3. The first-order valence-corrected chi connectivity index (χ1v) is 4.99. The van der Waals surface area contributed by atoms with Gasteiger partial charge in [0.25, 0.3) is 0 Å². The van der Waals surface area contributed by atoms with Gasteiger partial charge in [-0.05, 0) is 11.6 Å². The summed E-state index contributed by atoms with van der Waals surface area (Å²) in [6.07, 6.45) is 0.114. The fourth-order valence-electron chi connectivity index (χ4n) is 1.48. The van der Waals surface area contributed by atoms with Gasteiger partial charge < -0.3 is 10.6 Å². The van der Waals surface area contributed by atoms with Gasteiger partial charge in [-0.3, -0.25) is 4.79 Å². The number of carbonyl (C=O) groups is 1. The minimum atomic E-state index is -0.320. The first-order valence-electron chi connectivity index (χ1n) is 4.99. The van der Waals surface area contributed by atoms with Gasteiger partial charge in [0.2, 0.25) is 5.91 Å². The van der Waals surface area contributed by atoms with Crippen molar-refractivity contribution in [2.45, 2.75) is 12.5 Å². The molecule has 0 bridgehead atoms. The Morgan fingerprint density at radius 2 is 2.20 bits per heavy atom. The summed E-state index contributed by atoms with van der Waals surface area (Å²) in [4.78, 5) is 11.5. The van der Waals surface area contributed by atoms with E-state index in [0.29, 0.717) is 5.56 Å². The van der Waals surface area contributed by atoms with E-state index in [9.17, 15) is 9.18 Å². The summed E-state index contributed by atoms with van der Waals surface area (Å²) < 4.78 is 13.2. The molecule has 1 aromatic rings. The van der Waals surface area contributed by atoms with Crippen LogP contribution in [0.1, 0.15) is 5.56 Å². The first kappa shape index (κ1) is 10.1. The van der Waals surface area contributed by atoms with Crippen molar-refractivity contribution in [1.82, 2.24) is 10.6 Å². The molecule has 1 aliphatic rings. The lowest BCUT2D eigenvalue weighted by Gasteiger charge is -2.27. The van der Waals surface area contributed by atoms with E-state index in [-0.39, 0.29) is 24.2 Å². The van der Waals surface area contributed by atoms with E-state index in [0.717, 1.165) is 13.1 Å². The zero-order valence-electron chi connectivity index (χ0n) is 8.29. The Hall–Kier alpha value is -1.42. The summed E-state index contributed by atoms with van der Waals surface area (Å²) in [7, 11) is 0. The molecular weight excluding hydrogens is 195 g/mol. The van der Waals surface area contributed by atoms with Crippen LogP contribution in [0.4, 0.5) is 4.39 Å². The van der Waals surface area contributed by atoms with Crippen molar-refractivity contribution in [3.63, 3.8) is 0 Å². The number of amides is 1. The highest BCUT2D eigenvalue weighted by molar-refractivity contribution is 5.79. The fraction of sp³-hybridized carbons (Fsp3) is 0.364. The SMILES string of the molecule is O=C(Cc1ccccc1F)NC1CNC1. The molecule has 80 valence electrons. The Bertz CT molecular complexity index is 363. The Labute approximate surface area is 87.7 Å². The molecule has 1 heterocycles. The molecule has 2 rings (SSSR count). The van der Waals surface area contributed by atoms with Crippen LogP contribution in [0, 0.1) is 5.82 Å². The summed E-state index contributed by atoms with van der Waals surface area (Å²) in [6, 6.07) is 6.56. The van der Waals surface area contributed by atoms with Crippen LogP contribution < -0.4 is 10.6 Å². The molecule has 15 heavy (non-hydrogen) atoms. The van der Waals surface area contributed by atoms with Crippen LogP contribution in [0.5, 0.6) is 0 Å². The van der Waals surface area contributed by atoms with Crippen LogP contribution in [0.25, 0.3) is 0 Å².